The van der Waals surface area contributed by atoms with Gasteiger partial charge in [0.15, 0.2) is 5.69 Å². The molecule has 7 nitrogen and oxygen atoms in total. The summed E-state index contributed by atoms with van der Waals surface area (Å²) in [4.78, 5) is 29.5. The summed E-state index contributed by atoms with van der Waals surface area (Å²) >= 11 is 0. The van der Waals surface area contributed by atoms with Gasteiger partial charge in [-0.2, -0.15) is 5.10 Å². The van der Waals surface area contributed by atoms with Crippen LogP contribution >= 0.6 is 0 Å². The molecule has 25 heavy (non-hydrogen) atoms. The van der Waals surface area contributed by atoms with E-state index in [1.165, 1.54) is 4.68 Å². The van der Waals surface area contributed by atoms with Crippen molar-refractivity contribution in [1.29, 1.82) is 0 Å². The second-order valence-electron chi connectivity index (χ2n) is 6.03. The molecule has 0 fully saturated rings. The van der Waals surface area contributed by atoms with Crippen LogP contribution in [0.25, 0.3) is 10.8 Å². The topological polar surface area (TPSA) is 81.8 Å². The predicted octanol–water partition coefficient (Wildman–Crippen LogP) is 1.94. The lowest BCUT2D eigenvalue weighted by molar-refractivity contribution is 0.0926. The van der Waals surface area contributed by atoms with Crippen molar-refractivity contribution in [1.82, 2.24) is 24.6 Å². The maximum atomic E-state index is 12.9. The Bertz CT molecular complexity index is 973. The van der Waals surface area contributed by atoms with Crippen LogP contribution in [0.1, 0.15) is 42.1 Å². The smallest absolute Gasteiger partial charge is 0.274 e. The van der Waals surface area contributed by atoms with Crippen molar-refractivity contribution < 1.29 is 4.79 Å². The molecule has 3 aromatic rings. The fourth-order valence-corrected chi connectivity index (χ4v) is 2.96. The van der Waals surface area contributed by atoms with E-state index in [1.54, 1.807) is 37.5 Å². The molecule has 1 aromatic carbocycles. The number of carbonyl (C=O) groups is 1. The second kappa shape index (κ2) is 6.88. The number of nitrogens with zero attached hydrogens (tertiary/aromatic N) is 4. The Morgan fingerprint density at radius 2 is 1.96 bits per heavy atom. The maximum Gasteiger partial charge on any atom is 0.274 e. The summed E-state index contributed by atoms with van der Waals surface area (Å²) in [7, 11) is 3.45. The first-order chi connectivity index (χ1) is 12.0. The normalized spacial score (nSPS) is 12.3. The standard InChI is InChI=1S/C18H21N5O2/c1-4-7-14(16-19-10-11-22(16)2)20-17(24)15-12-8-5-6-9-13(12)18(25)23(3)21-15/h5-6,8-11,14H,4,7H2,1-3H3,(H,20,24). The Morgan fingerprint density at radius 3 is 2.60 bits per heavy atom. The number of aryl methyl sites for hydroxylation is 2. The highest BCUT2D eigenvalue weighted by atomic mass is 16.2. The lowest BCUT2D eigenvalue weighted by Gasteiger charge is -2.18. The van der Waals surface area contributed by atoms with Crippen molar-refractivity contribution in [3.63, 3.8) is 0 Å². The molecule has 0 aliphatic carbocycles. The molecule has 1 unspecified atom stereocenters. The van der Waals surface area contributed by atoms with Gasteiger partial charge >= 0.3 is 0 Å². The number of rotatable bonds is 5. The molecule has 1 N–H and O–H groups in total. The van der Waals surface area contributed by atoms with Gasteiger partial charge in [0.2, 0.25) is 0 Å². The van der Waals surface area contributed by atoms with Crippen molar-refractivity contribution in [2.24, 2.45) is 14.1 Å². The average Bonchev–Trinajstić information content (AvgIpc) is 3.03. The molecule has 130 valence electrons. The van der Waals surface area contributed by atoms with Crippen molar-refractivity contribution in [3.05, 3.63) is 58.5 Å². The van der Waals surface area contributed by atoms with E-state index in [2.05, 4.69) is 22.3 Å². The molecule has 0 aliphatic heterocycles. The number of aromatic nitrogens is 4. The minimum atomic E-state index is -0.312. The lowest BCUT2D eigenvalue weighted by Crippen LogP contribution is -2.33. The Kier molecular flexibility index (Phi) is 4.65. The van der Waals surface area contributed by atoms with Crippen LogP contribution in [0.3, 0.4) is 0 Å². The summed E-state index contributed by atoms with van der Waals surface area (Å²) in [5.74, 6) is 0.484. The van der Waals surface area contributed by atoms with Crippen LogP contribution in [-0.2, 0) is 14.1 Å². The summed E-state index contributed by atoms with van der Waals surface area (Å²) in [6, 6.07) is 6.81. The summed E-state index contributed by atoms with van der Waals surface area (Å²) in [6.45, 7) is 2.06. The predicted molar refractivity (Wildman–Crippen MR) is 95.3 cm³/mol. The number of nitrogens with one attached hydrogen (secondary N) is 1. The van der Waals surface area contributed by atoms with Crippen LogP contribution in [-0.4, -0.2) is 25.2 Å². The minimum Gasteiger partial charge on any atom is -0.341 e. The summed E-state index contributed by atoms with van der Waals surface area (Å²) < 4.78 is 3.10. The molecule has 2 heterocycles. The summed E-state index contributed by atoms with van der Waals surface area (Å²) in [5, 5.41) is 8.23. The molecule has 0 radical (unpaired) electrons. The second-order valence-corrected chi connectivity index (χ2v) is 6.03. The Labute approximate surface area is 145 Å². The number of benzene rings is 1. The molecule has 1 amide bonds. The van der Waals surface area contributed by atoms with E-state index in [0.717, 1.165) is 18.7 Å². The molecular formula is C18H21N5O2. The first-order valence-corrected chi connectivity index (χ1v) is 8.27. The zero-order valence-electron chi connectivity index (χ0n) is 14.6. The first-order valence-electron chi connectivity index (χ1n) is 8.27. The number of fused-ring (bicyclic) bond motifs is 1. The Balaban J connectivity index is 2.01. The zero-order chi connectivity index (χ0) is 18.0. The molecule has 2 aromatic heterocycles. The van der Waals surface area contributed by atoms with Crippen molar-refractivity contribution in [3.8, 4) is 0 Å². The Morgan fingerprint density at radius 1 is 1.24 bits per heavy atom. The molecule has 0 saturated carbocycles. The van der Waals surface area contributed by atoms with E-state index in [1.807, 2.05) is 17.8 Å². The van der Waals surface area contributed by atoms with Crippen molar-refractivity contribution in [2.45, 2.75) is 25.8 Å². The van der Waals surface area contributed by atoms with Gasteiger partial charge in [0.1, 0.15) is 5.82 Å². The monoisotopic (exact) mass is 339 g/mol. The van der Waals surface area contributed by atoms with E-state index in [9.17, 15) is 9.59 Å². The quantitative estimate of drug-likeness (QED) is 0.770. The maximum absolute atomic E-state index is 12.9. The van der Waals surface area contributed by atoms with E-state index in [0.29, 0.717) is 10.8 Å². The van der Waals surface area contributed by atoms with E-state index in [-0.39, 0.29) is 23.2 Å². The SMILES string of the molecule is CCCC(NC(=O)c1nn(C)c(=O)c2ccccc12)c1nccn1C. The summed E-state index contributed by atoms with van der Waals surface area (Å²) in [5.41, 5.74) is 0.0226. The summed E-state index contributed by atoms with van der Waals surface area (Å²) in [6.07, 6.45) is 5.23. The third-order valence-electron chi connectivity index (χ3n) is 4.22. The van der Waals surface area contributed by atoms with Gasteiger partial charge in [-0.05, 0) is 12.5 Å². The van der Waals surface area contributed by atoms with Gasteiger partial charge in [0.05, 0.1) is 11.4 Å². The highest BCUT2D eigenvalue weighted by Crippen LogP contribution is 2.19. The average molecular weight is 339 g/mol. The van der Waals surface area contributed by atoms with Gasteiger partial charge < -0.3 is 9.88 Å². The van der Waals surface area contributed by atoms with Gasteiger partial charge in [-0.3, -0.25) is 9.59 Å². The molecule has 1 atom stereocenters. The van der Waals surface area contributed by atoms with E-state index < -0.39 is 0 Å². The molecule has 3 rings (SSSR count). The highest BCUT2D eigenvalue weighted by molar-refractivity contribution is 6.04. The van der Waals surface area contributed by atoms with Gasteiger partial charge in [0.25, 0.3) is 11.5 Å². The van der Waals surface area contributed by atoms with Crippen LogP contribution < -0.4 is 10.9 Å². The zero-order valence-corrected chi connectivity index (χ0v) is 14.6. The van der Waals surface area contributed by atoms with Crippen molar-refractivity contribution >= 4 is 16.7 Å². The van der Waals surface area contributed by atoms with Gasteiger partial charge in [-0.1, -0.05) is 31.5 Å². The molecular weight excluding hydrogens is 318 g/mol. The fourth-order valence-electron chi connectivity index (χ4n) is 2.96. The first kappa shape index (κ1) is 16.9. The Hall–Kier alpha value is -2.96. The van der Waals surface area contributed by atoms with Crippen LogP contribution in [0.15, 0.2) is 41.5 Å². The van der Waals surface area contributed by atoms with Crippen LogP contribution in [0.4, 0.5) is 0 Å². The van der Waals surface area contributed by atoms with Gasteiger partial charge in [0, 0.05) is 31.9 Å². The molecule has 0 bridgehead atoms. The molecule has 0 aliphatic rings. The minimum absolute atomic E-state index is 0.213. The van der Waals surface area contributed by atoms with Gasteiger partial charge in [-0.15, -0.1) is 0 Å². The molecule has 7 heteroatoms. The van der Waals surface area contributed by atoms with Crippen molar-refractivity contribution in [2.75, 3.05) is 0 Å². The molecule has 0 saturated heterocycles. The number of hydrogen-bond acceptors (Lipinski definition) is 4. The largest absolute Gasteiger partial charge is 0.341 e. The fraction of sp³-hybridized carbons (Fsp3) is 0.333. The van der Waals surface area contributed by atoms with Crippen LogP contribution in [0.5, 0.6) is 0 Å². The number of carbonyl (C=O) groups excluding carboxylic acids is 1. The van der Waals surface area contributed by atoms with Crippen LogP contribution in [0, 0.1) is 0 Å². The lowest BCUT2D eigenvalue weighted by atomic mass is 10.1. The van der Waals surface area contributed by atoms with E-state index >= 15 is 0 Å². The highest BCUT2D eigenvalue weighted by Gasteiger charge is 2.22. The van der Waals surface area contributed by atoms with E-state index in [4.69, 9.17) is 0 Å². The number of imidazole rings is 1. The van der Waals surface area contributed by atoms with Crippen LogP contribution in [0.2, 0.25) is 0 Å². The number of amides is 1. The number of hydrogen-bond donors (Lipinski definition) is 1. The third-order valence-corrected chi connectivity index (χ3v) is 4.22. The van der Waals surface area contributed by atoms with Gasteiger partial charge in [-0.25, -0.2) is 9.67 Å². The molecule has 0 spiro atoms. The third kappa shape index (κ3) is 3.17.